The molecule has 4 fully saturated rings. The molecule has 0 radical (unpaired) electrons. The van der Waals surface area contributed by atoms with Crippen LogP contribution in [0, 0.1) is 27.4 Å². The number of carbonyl (C=O) groups is 3. The third kappa shape index (κ3) is 7.63. The zero-order valence-corrected chi connectivity index (χ0v) is 31.2. The van der Waals surface area contributed by atoms with Crippen molar-refractivity contribution < 1.29 is 42.8 Å². The van der Waals surface area contributed by atoms with E-state index in [9.17, 15) is 24.5 Å². The summed E-state index contributed by atoms with van der Waals surface area (Å²) in [5.41, 5.74) is 4.46. The van der Waals surface area contributed by atoms with Gasteiger partial charge in [0.05, 0.1) is 29.7 Å². The molecule has 3 saturated carbocycles. The van der Waals surface area contributed by atoms with E-state index in [0.717, 1.165) is 18.9 Å². The summed E-state index contributed by atoms with van der Waals surface area (Å²) >= 11 is 0. The summed E-state index contributed by atoms with van der Waals surface area (Å²) in [5, 5.41) is 15.0. The number of hydrogen-bond donors (Lipinski definition) is 2. The van der Waals surface area contributed by atoms with Gasteiger partial charge in [-0.2, -0.15) is 0 Å². The van der Waals surface area contributed by atoms with Crippen molar-refractivity contribution in [1.82, 2.24) is 5.32 Å². The van der Waals surface area contributed by atoms with E-state index in [1.807, 2.05) is 0 Å². The van der Waals surface area contributed by atoms with Crippen LogP contribution in [0.5, 0.6) is 5.75 Å². The van der Waals surface area contributed by atoms with Crippen molar-refractivity contribution in [3.05, 3.63) is 68.8 Å². The molecule has 2 bridgehead atoms. The molecular weight excluding hydrogens is 657 g/mol. The van der Waals surface area contributed by atoms with E-state index < -0.39 is 64.4 Å². The van der Waals surface area contributed by atoms with Crippen molar-refractivity contribution in [2.45, 2.75) is 116 Å². The van der Waals surface area contributed by atoms with Crippen molar-refractivity contribution >= 4 is 30.7 Å². The molecule has 276 valence electrons. The van der Waals surface area contributed by atoms with Crippen LogP contribution >= 0.6 is 0 Å². The molecule has 1 saturated heterocycles. The highest BCUT2D eigenvalue weighted by Crippen LogP contribution is 2.65. The fraction of sp³-hybridized carbons (Fsp3) is 0.595. The lowest BCUT2D eigenvalue weighted by Gasteiger charge is -2.64. The second-order valence-corrected chi connectivity index (χ2v) is 16.7. The zero-order chi connectivity index (χ0) is 37.8. The van der Waals surface area contributed by atoms with E-state index in [4.69, 9.17) is 29.3 Å². The lowest BCUT2D eigenvalue weighted by molar-refractivity contribution is -0.385. The first-order valence-corrected chi connectivity index (χ1v) is 17.4. The number of carbonyl (C=O) groups excluding carboxylic acids is 3. The number of nitrogens with one attached hydrogen (secondary N) is 1. The van der Waals surface area contributed by atoms with Crippen LogP contribution in [0.25, 0.3) is 0 Å². The lowest BCUT2D eigenvalue weighted by Crippen LogP contribution is -2.65. The number of para-hydroxylation sites is 1. The Morgan fingerprint density at radius 3 is 2.22 bits per heavy atom. The van der Waals surface area contributed by atoms with Crippen LogP contribution in [0.15, 0.2) is 36.4 Å². The third-order valence-corrected chi connectivity index (χ3v) is 10.5. The van der Waals surface area contributed by atoms with Crippen LogP contribution in [-0.2, 0) is 30.0 Å². The third-order valence-electron chi connectivity index (χ3n) is 10.5. The smallest absolute Gasteiger partial charge is 0.482 e. The molecule has 51 heavy (non-hydrogen) atoms. The van der Waals surface area contributed by atoms with Crippen molar-refractivity contribution in [2.24, 2.45) is 23.0 Å². The number of benzene rings is 2. The topological polar surface area (TPSA) is 179 Å². The average molecular weight is 708 g/mol. The maximum Gasteiger partial charge on any atom is 0.482 e. The SMILES string of the molecule is COc1c(C[C@H](NC(=O)C(N)c2ccc(C(=O)OC(C)(C)C)c([N+](=O)[O-])c2)B2O[C@@H]3C[C@@H]4C[C@@H](C4(C)C)[C@]3(C)O2)cccc1C(=O)OC(C)(C)C. The maximum absolute atomic E-state index is 13.9. The number of nitrogens with zero attached hydrogens (tertiary/aromatic N) is 1. The number of nitro groups is 1. The summed E-state index contributed by atoms with van der Waals surface area (Å²) in [6.07, 6.45) is 1.79. The summed E-state index contributed by atoms with van der Waals surface area (Å²) in [5.74, 6) is -1.86. The first-order chi connectivity index (χ1) is 23.6. The molecule has 1 aliphatic heterocycles. The predicted octanol–water partition coefficient (Wildman–Crippen LogP) is 5.51. The Morgan fingerprint density at radius 1 is 1.02 bits per heavy atom. The van der Waals surface area contributed by atoms with Crippen molar-refractivity contribution in [1.29, 1.82) is 0 Å². The average Bonchev–Trinajstić information content (AvgIpc) is 3.39. The van der Waals surface area contributed by atoms with Gasteiger partial charge in [0, 0.05) is 6.07 Å². The molecular formula is C37H50BN3O10. The molecule has 1 heterocycles. The number of nitro benzene ring substituents is 1. The molecule has 2 aromatic carbocycles. The van der Waals surface area contributed by atoms with Gasteiger partial charge in [0.15, 0.2) is 0 Å². The first-order valence-electron chi connectivity index (χ1n) is 17.4. The molecule has 3 N–H and O–H groups in total. The second kappa shape index (κ2) is 13.5. The van der Waals surface area contributed by atoms with Crippen LogP contribution in [0.2, 0.25) is 0 Å². The summed E-state index contributed by atoms with van der Waals surface area (Å²) in [7, 11) is 0.572. The largest absolute Gasteiger partial charge is 0.496 e. The number of nitrogens with two attached hydrogens (primary N) is 1. The minimum absolute atomic E-state index is 0.0791. The van der Waals surface area contributed by atoms with E-state index in [-0.39, 0.29) is 46.3 Å². The van der Waals surface area contributed by atoms with E-state index in [1.54, 1.807) is 59.7 Å². The minimum atomic E-state index is -1.36. The molecule has 0 spiro atoms. The van der Waals surface area contributed by atoms with Gasteiger partial charge in [-0.25, -0.2) is 9.59 Å². The van der Waals surface area contributed by atoms with E-state index in [0.29, 0.717) is 11.5 Å². The summed E-state index contributed by atoms with van der Waals surface area (Å²) in [6.45, 7) is 16.9. The van der Waals surface area contributed by atoms with Crippen molar-refractivity contribution in [2.75, 3.05) is 7.11 Å². The fourth-order valence-electron chi connectivity index (χ4n) is 7.83. The highest BCUT2D eigenvalue weighted by Gasteiger charge is 2.68. The van der Waals surface area contributed by atoms with Gasteiger partial charge in [-0.05, 0) is 108 Å². The predicted molar refractivity (Wildman–Crippen MR) is 189 cm³/mol. The zero-order valence-electron chi connectivity index (χ0n) is 31.2. The molecule has 2 aromatic rings. The Morgan fingerprint density at radius 2 is 1.65 bits per heavy atom. The minimum Gasteiger partial charge on any atom is -0.496 e. The van der Waals surface area contributed by atoms with Gasteiger partial charge in [0.1, 0.15) is 34.1 Å². The number of amides is 1. The highest BCUT2D eigenvalue weighted by atomic mass is 16.7. The molecule has 14 heteroatoms. The molecule has 1 amide bonds. The number of methoxy groups -OCH3 is 1. The van der Waals surface area contributed by atoms with Gasteiger partial charge in [0.2, 0.25) is 5.91 Å². The number of hydrogen-bond acceptors (Lipinski definition) is 11. The lowest BCUT2D eigenvalue weighted by atomic mass is 9.43. The maximum atomic E-state index is 13.9. The Bertz CT molecular complexity index is 1720. The summed E-state index contributed by atoms with van der Waals surface area (Å²) in [4.78, 5) is 51.1. The first kappa shape index (κ1) is 38.2. The molecule has 1 unspecified atom stereocenters. The molecule has 3 aliphatic carbocycles. The van der Waals surface area contributed by atoms with Crippen LogP contribution < -0.4 is 15.8 Å². The summed E-state index contributed by atoms with van der Waals surface area (Å²) in [6, 6.07) is 7.49. The van der Waals surface area contributed by atoms with Gasteiger partial charge in [0.25, 0.3) is 5.69 Å². The van der Waals surface area contributed by atoms with Gasteiger partial charge in [-0.3, -0.25) is 14.9 Å². The van der Waals surface area contributed by atoms with E-state index >= 15 is 0 Å². The van der Waals surface area contributed by atoms with Gasteiger partial charge < -0.3 is 34.6 Å². The van der Waals surface area contributed by atoms with Gasteiger partial charge >= 0.3 is 19.1 Å². The molecule has 13 nitrogen and oxygen atoms in total. The van der Waals surface area contributed by atoms with Crippen molar-refractivity contribution in [3.63, 3.8) is 0 Å². The number of ether oxygens (including phenoxy) is 3. The second-order valence-electron chi connectivity index (χ2n) is 16.7. The Hall–Kier alpha value is -4.01. The van der Waals surface area contributed by atoms with Crippen LogP contribution in [0.3, 0.4) is 0 Å². The fourth-order valence-corrected chi connectivity index (χ4v) is 7.83. The van der Waals surface area contributed by atoms with Gasteiger partial charge in [-0.15, -0.1) is 0 Å². The Balaban J connectivity index is 1.46. The quantitative estimate of drug-likeness (QED) is 0.138. The Labute approximate surface area is 299 Å². The van der Waals surface area contributed by atoms with Crippen LogP contribution in [0.1, 0.15) is 113 Å². The number of rotatable bonds is 10. The monoisotopic (exact) mass is 707 g/mol. The molecule has 6 atom stereocenters. The normalized spacial score (nSPS) is 24.8. The standard InChI is InChI=1S/C37H50BN3O10/c1-34(2,3)48-32(43)23-15-14-20(16-25(23)41(45)46)29(39)31(42)40-28(38-50-27-19-22-18-26(36(22,7)8)37(27,9)51-38)17-21-12-11-13-24(30(21)47-10)33(44)49-35(4,5)6/h11-16,22,26-29H,17-19,39H2,1-10H3,(H,40,42)/t22-,26-,27+,28-,29?,37-/m0/s1. The van der Waals surface area contributed by atoms with Crippen LogP contribution in [-0.4, -0.2) is 65.8 Å². The molecule has 4 aliphatic rings. The van der Waals surface area contributed by atoms with E-state index in [2.05, 4.69) is 26.1 Å². The summed E-state index contributed by atoms with van der Waals surface area (Å²) < 4.78 is 30.0. The highest BCUT2D eigenvalue weighted by molar-refractivity contribution is 6.48. The van der Waals surface area contributed by atoms with Gasteiger partial charge in [-0.1, -0.05) is 32.0 Å². The molecule has 0 aromatic heterocycles. The Kier molecular flexibility index (Phi) is 10.1. The van der Waals surface area contributed by atoms with Crippen molar-refractivity contribution in [3.8, 4) is 5.75 Å². The molecule has 6 rings (SSSR count). The van der Waals surface area contributed by atoms with Crippen LogP contribution in [0.4, 0.5) is 5.69 Å². The number of esters is 2. The van der Waals surface area contributed by atoms with E-state index in [1.165, 1.54) is 19.2 Å².